The molecule has 1 heteroatoms. The summed E-state index contributed by atoms with van der Waals surface area (Å²) in [6.45, 7) is 4.20. The van der Waals surface area contributed by atoms with Crippen molar-refractivity contribution in [3.05, 3.63) is 0 Å². The molecule has 0 aromatic carbocycles. The molecule has 0 aliphatic carbocycles. The van der Waals surface area contributed by atoms with E-state index in [0.717, 1.165) is 11.8 Å². The van der Waals surface area contributed by atoms with Crippen LogP contribution in [0.5, 0.6) is 0 Å². The number of alkyl halides is 1. The summed E-state index contributed by atoms with van der Waals surface area (Å²) in [6.07, 6.45) is 0.970. The van der Waals surface area contributed by atoms with E-state index in [0.29, 0.717) is 5.92 Å². The zero-order chi connectivity index (χ0) is 6.41. The second-order valence-corrected chi connectivity index (χ2v) is 2.71. The summed E-state index contributed by atoms with van der Waals surface area (Å²) in [6, 6.07) is 0. The molecule has 0 aliphatic rings. The van der Waals surface area contributed by atoms with Crippen molar-refractivity contribution in [1.82, 2.24) is 0 Å². The zero-order valence-electron chi connectivity index (χ0n) is 5.37. The third-order valence-electron chi connectivity index (χ3n) is 0.610. The van der Waals surface area contributed by atoms with Crippen LogP contribution in [0.2, 0.25) is 0 Å². The quantitative estimate of drug-likeness (QED) is 0.424. The molecule has 0 unspecified atom stereocenters. The minimum absolute atomic E-state index is 0.522. The van der Waals surface area contributed by atoms with Crippen LogP contribution in [0, 0.1) is 17.8 Å². The maximum absolute atomic E-state index is 3.30. The molecular weight excluding hydrogens is 164 g/mol. The van der Waals surface area contributed by atoms with Crippen molar-refractivity contribution in [1.29, 1.82) is 0 Å². The van der Waals surface area contributed by atoms with E-state index in [1.165, 1.54) is 0 Å². The van der Waals surface area contributed by atoms with Gasteiger partial charge in [-0.05, 0) is 0 Å². The fourth-order valence-corrected chi connectivity index (χ4v) is 0.522. The molecule has 0 fully saturated rings. The van der Waals surface area contributed by atoms with E-state index in [2.05, 4.69) is 41.6 Å². The molecule has 8 heavy (non-hydrogen) atoms. The van der Waals surface area contributed by atoms with Crippen molar-refractivity contribution in [2.24, 2.45) is 5.92 Å². The predicted molar refractivity (Wildman–Crippen MR) is 41.0 cm³/mol. The van der Waals surface area contributed by atoms with Crippen molar-refractivity contribution in [3.8, 4) is 11.8 Å². The summed E-state index contributed by atoms with van der Waals surface area (Å²) in [4.78, 5) is 0. The van der Waals surface area contributed by atoms with Gasteiger partial charge in [0.25, 0.3) is 0 Å². The molecule has 0 aromatic rings. The van der Waals surface area contributed by atoms with E-state index in [1.807, 2.05) is 0 Å². The molecule has 0 bridgehead atoms. The van der Waals surface area contributed by atoms with Gasteiger partial charge in [-0.25, -0.2) is 0 Å². The Morgan fingerprint density at radius 3 is 2.50 bits per heavy atom. The Bertz CT molecular complexity index is 94.7. The van der Waals surface area contributed by atoms with E-state index in [4.69, 9.17) is 0 Å². The monoisotopic (exact) mass is 174 g/mol. The first-order chi connectivity index (χ1) is 3.77. The maximum Gasteiger partial charge on any atom is 0.0186 e. The van der Waals surface area contributed by atoms with Gasteiger partial charge in [0.05, 0.1) is 0 Å². The molecular formula is C7H11Br. The highest BCUT2D eigenvalue weighted by Crippen LogP contribution is 1.88. The summed E-state index contributed by atoms with van der Waals surface area (Å²) in [5, 5.41) is 0.993. The van der Waals surface area contributed by atoms with Gasteiger partial charge in [-0.3, -0.25) is 0 Å². The summed E-state index contributed by atoms with van der Waals surface area (Å²) in [5.74, 6) is 6.63. The summed E-state index contributed by atoms with van der Waals surface area (Å²) >= 11 is 3.30. The molecule has 0 radical (unpaired) electrons. The number of hydrogen-bond acceptors (Lipinski definition) is 0. The maximum atomic E-state index is 3.30. The van der Waals surface area contributed by atoms with Gasteiger partial charge >= 0.3 is 0 Å². The topological polar surface area (TPSA) is 0 Å². The van der Waals surface area contributed by atoms with Crippen LogP contribution < -0.4 is 0 Å². The van der Waals surface area contributed by atoms with Gasteiger partial charge in [-0.1, -0.05) is 29.8 Å². The Labute approximate surface area is 59.8 Å². The Morgan fingerprint density at radius 1 is 1.50 bits per heavy atom. The molecule has 0 amide bonds. The van der Waals surface area contributed by atoms with Crippen molar-refractivity contribution >= 4 is 15.9 Å². The van der Waals surface area contributed by atoms with Crippen LogP contribution in [0.1, 0.15) is 20.3 Å². The summed E-state index contributed by atoms with van der Waals surface area (Å²) in [7, 11) is 0. The van der Waals surface area contributed by atoms with Crippen LogP contribution in [0.15, 0.2) is 0 Å². The highest BCUT2D eigenvalue weighted by atomic mass is 79.9. The molecule has 0 saturated heterocycles. The smallest absolute Gasteiger partial charge is 0.0186 e. The van der Waals surface area contributed by atoms with Gasteiger partial charge in [0.1, 0.15) is 0 Å². The molecule has 46 valence electrons. The highest BCUT2D eigenvalue weighted by Gasteiger charge is 1.79. The van der Waals surface area contributed by atoms with Crippen molar-refractivity contribution in [2.75, 3.05) is 5.33 Å². The van der Waals surface area contributed by atoms with Crippen LogP contribution in [-0.2, 0) is 0 Å². The van der Waals surface area contributed by atoms with Gasteiger partial charge in [-0.15, -0.1) is 11.8 Å². The largest absolute Gasteiger partial charge is 0.102 e. The third-order valence-corrected chi connectivity index (χ3v) is 1.01. The van der Waals surface area contributed by atoms with Crippen LogP contribution in [-0.4, -0.2) is 5.33 Å². The Balaban J connectivity index is 3.20. The van der Waals surface area contributed by atoms with Crippen LogP contribution in [0.4, 0.5) is 0 Å². The molecule has 0 aromatic heterocycles. The van der Waals surface area contributed by atoms with E-state index in [-0.39, 0.29) is 0 Å². The van der Waals surface area contributed by atoms with Crippen LogP contribution in [0.3, 0.4) is 0 Å². The van der Waals surface area contributed by atoms with E-state index in [1.54, 1.807) is 0 Å². The Kier molecular flexibility index (Phi) is 5.21. The molecule has 0 spiro atoms. The normalized spacial score (nSPS) is 8.50. The zero-order valence-corrected chi connectivity index (χ0v) is 6.96. The van der Waals surface area contributed by atoms with Gasteiger partial charge < -0.3 is 0 Å². The first kappa shape index (κ1) is 8.04. The van der Waals surface area contributed by atoms with Crippen molar-refractivity contribution < 1.29 is 0 Å². The van der Waals surface area contributed by atoms with Gasteiger partial charge in [0, 0.05) is 17.7 Å². The molecule has 0 rings (SSSR count). The number of halogens is 1. The molecule has 0 nitrogen and oxygen atoms in total. The lowest BCUT2D eigenvalue weighted by Crippen LogP contribution is -1.77. The van der Waals surface area contributed by atoms with Crippen molar-refractivity contribution in [2.45, 2.75) is 20.3 Å². The van der Waals surface area contributed by atoms with Crippen LogP contribution in [0.25, 0.3) is 0 Å². The van der Waals surface area contributed by atoms with Crippen molar-refractivity contribution in [3.63, 3.8) is 0 Å². The average molecular weight is 175 g/mol. The number of hydrogen-bond donors (Lipinski definition) is 0. The van der Waals surface area contributed by atoms with E-state index >= 15 is 0 Å². The number of rotatable bonds is 1. The molecule has 0 saturated carbocycles. The second-order valence-electron chi connectivity index (χ2n) is 1.91. The molecule has 0 N–H and O–H groups in total. The fraction of sp³-hybridized carbons (Fsp3) is 0.714. The Hall–Kier alpha value is 0.0400. The lowest BCUT2D eigenvalue weighted by Gasteiger charge is -1.84. The SMILES string of the molecule is CC(C)C#CCCBr. The highest BCUT2D eigenvalue weighted by molar-refractivity contribution is 9.09. The Morgan fingerprint density at radius 2 is 2.12 bits per heavy atom. The first-order valence-electron chi connectivity index (χ1n) is 2.81. The predicted octanol–water partition coefficient (Wildman–Crippen LogP) is 2.43. The van der Waals surface area contributed by atoms with Gasteiger partial charge in [0.15, 0.2) is 0 Å². The minimum Gasteiger partial charge on any atom is -0.102 e. The van der Waals surface area contributed by atoms with Gasteiger partial charge in [0.2, 0.25) is 0 Å². The average Bonchev–Trinajstić information content (AvgIpc) is 1.66. The lowest BCUT2D eigenvalue weighted by atomic mass is 10.2. The van der Waals surface area contributed by atoms with Gasteiger partial charge in [-0.2, -0.15) is 0 Å². The third kappa shape index (κ3) is 6.04. The lowest BCUT2D eigenvalue weighted by molar-refractivity contribution is 0.865. The summed E-state index contributed by atoms with van der Waals surface area (Å²) in [5.41, 5.74) is 0. The first-order valence-corrected chi connectivity index (χ1v) is 3.94. The van der Waals surface area contributed by atoms with Crippen LogP contribution >= 0.6 is 15.9 Å². The molecule has 0 heterocycles. The second kappa shape index (κ2) is 5.18. The van der Waals surface area contributed by atoms with E-state index in [9.17, 15) is 0 Å². The standard InChI is InChI=1S/C7H11Br/c1-7(2)5-3-4-6-8/h7H,4,6H2,1-2H3. The summed E-state index contributed by atoms with van der Waals surface area (Å²) < 4.78 is 0. The molecule has 0 atom stereocenters. The fourth-order valence-electron chi connectivity index (χ4n) is 0.324. The molecule has 0 aliphatic heterocycles. The minimum atomic E-state index is 0.522. The van der Waals surface area contributed by atoms with E-state index < -0.39 is 0 Å².